The van der Waals surface area contributed by atoms with E-state index in [2.05, 4.69) is 15.6 Å². The Morgan fingerprint density at radius 1 is 1.11 bits per heavy atom. The molecule has 19 heavy (non-hydrogen) atoms. The third-order valence-corrected chi connectivity index (χ3v) is 2.46. The number of carbonyl (C=O) groups is 1. The standard InChI is InChI=1S/C10H15N3O3S.C2H6/c1-3-10(14)12-11-8-4-6-9(7-5-8)13-17(2,15)16;1-2/h4-7,11,13H,3H2,1-2H3,(H,12,14);1-2H3. The normalized spacial score (nSPS) is 9.89. The number of rotatable bonds is 5. The van der Waals surface area contributed by atoms with Gasteiger partial charge in [-0.05, 0) is 24.3 Å². The zero-order valence-electron chi connectivity index (χ0n) is 11.6. The van der Waals surface area contributed by atoms with Gasteiger partial charge in [-0.1, -0.05) is 20.8 Å². The van der Waals surface area contributed by atoms with Crippen molar-refractivity contribution in [2.24, 2.45) is 0 Å². The molecular formula is C12H21N3O3S. The van der Waals surface area contributed by atoms with Gasteiger partial charge in [0.2, 0.25) is 15.9 Å². The molecule has 1 aromatic carbocycles. The highest BCUT2D eigenvalue weighted by Gasteiger charge is 2.01. The lowest BCUT2D eigenvalue weighted by Crippen LogP contribution is -2.28. The summed E-state index contributed by atoms with van der Waals surface area (Å²) in [4.78, 5) is 11.0. The minimum Gasteiger partial charge on any atom is -0.299 e. The lowest BCUT2D eigenvalue weighted by atomic mass is 10.3. The van der Waals surface area contributed by atoms with Crippen molar-refractivity contribution in [1.82, 2.24) is 5.43 Å². The van der Waals surface area contributed by atoms with E-state index < -0.39 is 10.0 Å². The van der Waals surface area contributed by atoms with E-state index in [1.807, 2.05) is 13.8 Å². The van der Waals surface area contributed by atoms with Gasteiger partial charge in [-0.25, -0.2) is 8.42 Å². The van der Waals surface area contributed by atoms with Gasteiger partial charge in [0.1, 0.15) is 0 Å². The Morgan fingerprint density at radius 2 is 1.58 bits per heavy atom. The summed E-state index contributed by atoms with van der Waals surface area (Å²) in [5.41, 5.74) is 6.34. The van der Waals surface area contributed by atoms with Crippen LogP contribution < -0.4 is 15.6 Å². The van der Waals surface area contributed by atoms with Gasteiger partial charge in [0, 0.05) is 12.1 Å². The molecule has 0 atom stereocenters. The Hall–Kier alpha value is -1.76. The van der Waals surface area contributed by atoms with Gasteiger partial charge in [0.05, 0.1) is 11.9 Å². The van der Waals surface area contributed by atoms with E-state index >= 15 is 0 Å². The molecule has 0 unspecified atom stereocenters. The lowest BCUT2D eigenvalue weighted by molar-refractivity contribution is -0.120. The van der Waals surface area contributed by atoms with Gasteiger partial charge >= 0.3 is 0 Å². The van der Waals surface area contributed by atoms with Crippen LogP contribution in [0.2, 0.25) is 0 Å². The van der Waals surface area contributed by atoms with Crippen LogP contribution in [-0.4, -0.2) is 20.6 Å². The molecule has 0 aromatic heterocycles. The zero-order chi connectivity index (χ0) is 14.9. The van der Waals surface area contributed by atoms with Crippen LogP contribution in [0.5, 0.6) is 0 Å². The van der Waals surface area contributed by atoms with Crippen molar-refractivity contribution in [3.8, 4) is 0 Å². The maximum absolute atomic E-state index is 11.0. The maximum Gasteiger partial charge on any atom is 0.238 e. The number of nitrogens with one attached hydrogen (secondary N) is 3. The summed E-state index contributed by atoms with van der Waals surface area (Å²) in [5.74, 6) is -0.122. The average molecular weight is 287 g/mol. The van der Waals surface area contributed by atoms with Crippen molar-refractivity contribution in [2.75, 3.05) is 16.4 Å². The third kappa shape index (κ3) is 8.04. The van der Waals surface area contributed by atoms with E-state index in [0.29, 0.717) is 17.8 Å². The average Bonchev–Trinajstić information content (AvgIpc) is 2.38. The van der Waals surface area contributed by atoms with Crippen molar-refractivity contribution in [3.05, 3.63) is 24.3 Å². The molecule has 1 aromatic rings. The number of carbonyl (C=O) groups excluding carboxylic acids is 1. The Bertz CT molecular complexity index is 483. The molecule has 7 heteroatoms. The van der Waals surface area contributed by atoms with E-state index in [1.54, 1.807) is 31.2 Å². The molecule has 0 aliphatic heterocycles. The highest BCUT2D eigenvalue weighted by molar-refractivity contribution is 7.92. The third-order valence-electron chi connectivity index (χ3n) is 1.86. The van der Waals surface area contributed by atoms with Crippen LogP contribution in [0.4, 0.5) is 11.4 Å². The van der Waals surface area contributed by atoms with Crippen molar-refractivity contribution >= 4 is 27.3 Å². The number of amides is 1. The molecule has 108 valence electrons. The minimum atomic E-state index is -3.26. The van der Waals surface area contributed by atoms with Gasteiger partial charge in [-0.3, -0.25) is 20.4 Å². The quantitative estimate of drug-likeness (QED) is 0.722. The first-order chi connectivity index (χ1) is 8.90. The predicted octanol–water partition coefficient (Wildman–Crippen LogP) is 1.94. The number of benzene rings is 1. The van der Waals surface area contributed by atoms with E-state index in [9.17, 15) is 13.2 Å². The molecule has 0 spiro atoms. The van der Waals surface area contributed by atoms with E-state index in [1.165, 1.54) is 0 Å². The van der Waals surface area contributed by atoms with Crippen LogP contribution in [0.25, 0.3) is 0 Å². The van der Waals surface area contributed by atoms with Gasteiger partial charge in [0.15, 0.2) is 0 Å². The fourth-order valence-electron chi connectivity index (χ4n) is 1.07. The number of anilines is 2. The number of hydrogen-bond acceptors (Lipinski definition) is 4. The summed E-state index contributed by atoms with van der Waals surface area (Å²) >= 11 is 0. The zero-order valence-corrected chi connectivity index (χ0v) is 12.5. The molecule has 0 saturated carbocycles. The SMILES string of the molecule is CC.CCC(=O)NNc1ccc(NS(C)(=O)=O)cc1. The fourth-order valence-corrected chi connectivity index (χ4v) is 1.63. The molecule has 0 heterocycles. The number of sulfonamides is 1. The second-order valence-electron chi connectivity index (χ2n) is 3.48. The minimum absolute atomic E-state index is 0.122. The largest absolute Gasteiger partial charge is 0.299 e. The van der Waals surface area contributed by atoms with Crippen LogP contribution in [0.15, 0.2) is 24.3 Å². The first-order valence-corrected chi connectivity index (χ1v) is 7.92. The highest BCUT2D eigenvalue weighted by Crippen LogP contribution is 2.13. The smallest absolute Gasteiger partial charge is 0.238 e. The molecule has 6 nitrogen and oxygen atoms in total. The number of hydrazine groups is 1. The molecule has 0 saturated heterocycles. The number of hydrogen-bond donors (Lipinski definition) is 3. The summed E-state index contributed by atoms with van der Waals surface area (Å²) in [7, 11) is -3.26. The topological polar surface area (TPSA) is 87.3 Å². The van der Waals surface area contributed by atoms with Crippen molar-refractivity contribution < 1.29 is 13.2 Å². The Balaban J connectivity index is 0.00000154. The molecule has 0 aliphatic rings. The van der Waals surface area contributed by atoms with Gasteiger partial charge in [-0.2, -0.15) is 0 Å². The van der Waals surface area contributed by atoms with Crippen molar-refractivity contribution in [1.29, 1.82) is 0 Å². The highest BCUT2D eigenvalue weighted by atomic mass is 32.2. The molecule has 1 amide bonds. The van der Waals surface area contributed by atoms with Crippen LogP contribution in [0.3, 0.4) is 0 Å². The van der Waals surface area contributed by atoms with E-state index in [4.69, 9.17) is 0 Å². The molecule has 0 fully saturated rings. The van der Waals surface area contributed by atoms with Crippen LogP contribution >= 0.6 is 0 Å². The summed E-state index contributed by atoms with van der Waals surface area (Å²) in [6.45, 7) is 5.75. The molecular weight excluding hydrogens is 266 g/mol. The first kappa shape index (κ1) is 17.2. The van der Waals surface area contributed by atoms with Crippen LogP contribution in [0.1, 0.15) is 27.2 Å². The van der Waals surface area contributed by atoms with E-state index in [-0.39, 0.29) is 5.91 Å². The lowest BCUT2D eigenvalue weighted by Gasteiger charge is -2.08. The van der Waals surface area contributed by atoms with Crippen molar-refractivity contribution in [2.45, 2.75) is 27.2 Å². The maximum atomic E-state index is 11.0. The van der Waals surface area contributed by atoms with Crippen molar-refractivity contribution in [3.63, 3.8) is 0 Å². The van der Waals surface area contributed by atoms with Gasteiger partial charge < -0.3 is 0 Å². The first-order valence-electron chi connectivity index (χ1n) is 6.03. The van der Waals surface area contributed by atoms with Crippen LogP contribution in [-0.2, 0) is 14.8 Å². The Morgan fingerprint density at radius 3 is 2.00 bits per heavy atom. The summed E-state index contributed by atoms with van der Waals surface area (Å²) < 4.78 is 24.3. The molecule has 1 rings (SSSR count). The Labute approximate surface area is 114 Å². The second-order valence-corrected chi connectivity index (χ2v) is 5.23. The van der Waals surface area contributed by atoms with E-state index in [0.717, 1.165) is 6.26 Å². The monoisotopic (exact) mass is 287 g/mol. The van der Waals surface area contributed by atoms with Gasteiger partial charge in [-0.15, -0.1) is 0 Å². The summed E-state index contributed by atoms with van der Waals surface area (Å²) in [6.07, 6.45) is 1.47. The molecule has 3 N–H and O–H groups in total. The summed E-state index contributed by atoms with van der Waals surface area (Å²) in [6, 6.07) is 6.51. The fraction of sp³-hybridized carbons (Fsp3) is 0.417. The predicted molar refractivity (Wildman–Crippen MR) is 78.3 cm³/mol. The summed E-state index contributed by atoms with van der Waals surface area (Å²) in [5, 5.41) is 0. The van der Waals surface area contributed by atoms with Crippen LogP contribution in [0, 0.1) is 0 Å². The van der Waals surface area contributed by atoms with Gasteiger partial charge in [0.25, 0.3) is 0 Å². The second kappa shape index (κ2) is 8.36. The molecule has 0 radical (unpaired) electrons. The molecule has 0 bridgehead atoms. The molecule has 0 aliphatic carbocycles. The Kier molecular flexibility index (Phi) is 7.59.